The van der Waals surface area contributed by atoms with Crippen molar-refractivity contribution in [2.75, 3.05) is 13.7 Å². The molecule has 0 amide bonds. The maximum Gasteiger partial charge on any atom is 0.0795 e. The molecule has 0 fully saturated rings. The summed E-state index contributed by atoms with van der Waals surface area (Å²) in [5, 5.41) is 5.72. The van der Waals surface area contributed by atoms with Crippen LogP contribution in [0.1, 0.15) is 38.9 Å². The highest BCUT2D eigenvalue weighted by Crippen LogP contribution is 2.16. The fourth-order valence-electron chi connectivity index (χ4n) is 1.70. The van der Waals surface area contributed by atoms with Crippen molar-refractivity contribution in [3.05, 3.63) is 16.6 Å². The summed E-state index contributed by atoms with van der Waals surface area (Å²) in [4.78, 5) is 4.33. The summed E-state index contributed by atoms with van der Waals surface area (Å²) in [6.45, 7) is 7.44. The first-order valence-electron chi connectivity index (χ1n) is 5.78. The summed E-state index contributed by atoms with van der Waals surface area (Å²) >= 11 is 1.65. The first-order valence-corrected chi connectivity index (χ1v) is 6.72. The van der Waals surface area contributed by atoms with E-state index in [1.54, 1.807) is 18.4 Å². The van der Waals surface area contributed by atoms with Crippen LogP contribution in [0.15, 0.2) is 10.9 Å². The van der Waals surface area contributed by atoms with Gasteiger partial charge in [-0.2, -0.15) is 0 Å². The Morgan fingerprint density at radius 3 is 2.69 bits per heavy atom. The van der Waals surface area contributed by atoms with Crippen molar-refractivity contribution >= 4 is 11.3 Å². The van der Waals surface area contributed by atoms with E-state index in [4.69, 9.17) is 4.74 Å². The number of nitrogens with zero attached hydrogens (tertiary/aromatic N) is 1. The molecule has 2 atom stereocenters. The molecule has 1 heterocycles. The third kappa shape index (κ3) is 4.20. The molecule has 0 aliphatic rings. The van der Waals surface area contributed by atoms with Crippen molar-refractivity contribution in [1.82, 2.24) is 10.3 Å². The second-order valence-electron chi connectivity index (χ2n) is 4.43. The fourth-order valence-corrected chi connectivity index (χ4v) is 2.34. The van der Waals surface area contributed by atoms with Gasteiger partial charge < -0.3 is 10.1 Å². The van der Waals surface area contributed by atoms with Gasteiger partial charge in [-0.1, -0.05) is 13.8 Å². The summed E-state index contributed by atoms with van der Waals surface area (Å²) < 4.78 is 5.14. The van der Waals surface area contributed by atoms with E-state index in [1.165, 1.54) is 0 Å². The quantitative estimate of drug-likeness (QED) is 0.798. The van der Waals surface area contributed by atoms with Crippen LogP contribution in [0, 0.1) is 5.92 Å². The molecule has 1 aromatic heterocycles. The van der Waals surface area contributed by atoms with E-state index in [0.717, 1.165) is 18.7 Å². The number of ether oxygens (including phenoxy) is 1. The molecule has 0 saturated carbocycles. The standard InChI is InChI=1S/C12H22N2OS/c1-9(2)11(5-6-15-4)14-10(3)12-7-16-8-13-12/h7-11,14H,5-6H2,1-4H3. The van der Waals surface area contributed by atoms with Crippen molar-refractivity contribution < 1.29 is 4.74 Å². The molecule has 0 saturated heterocycles. The van der Waals surface area contributed by atoms with Crippen LogP contribution in [0.25, 0.3) is 0 Å². The van der Waals surface area contributed by atoms with Gasteiger partial charge in [0.15, 0.2) is 0 Å². The molecule has 0 radical (unpaired) electrons. The van der Waals surface area contributed by atoms with Crippen LogP contribution in [0.2, 0.25) is 0 Å². The Bertz CT molecular complexity index is 275. The van der Waals surface area contributed by atoms with Crippen molar-refractivity contribution in [1.29, 1.82) is 0 Å². The van der Waals surface area contributed by atoms with E-state index in [2.05, 4.69) is 36.5 Å². The van der Waals surface area contributed by atoms with Crippen LogP contribution in [0.3, 0.4) is 0 Å². The Morgan fingerprint density at radius 1 is 1.44 bits per heavy atom. The monoisotopic (exact) mass is 242 g/mol. The van der Waals surface area contributed by atoms with E-state index in [-0.39, 0.29) is 0 Å². The van der Waals surface area contributed by atoms with Crippen molar-refractivity contribution in [3.8, 4) is 0 Å². The number of hydrogen-bond acceptors (Lipinski definition) is 4. The van der Waals surface area contributed by atoms with Gasteiger partial charge in [-0.3, -0.25) is 0 Å². The first-order chi connectivity index (χ1) is 7.65. The van der Waals surface area contributed by atoms with Crippen LogP contribution in [-0.4, -0.2) is 24.7 Å². The SMILES string of the molecule is COCCC(NC(C)c1cscn1)C(C)C. The number of methoxy groups -OCH3 is 1. The second kappa shape index (κ2) is 6.99. The van der Waals surface area contributed by atoms with E-state index in [9.17, 15) is 0 Å². The highest BCUT2D eigenvalue weighted by molar-refractivity contribution is 7.07. The lowest BCUT2D eigenvalue weighted by Crippen LogP contribution is -2.36. The first kappa shape index (κ1) is 13.6. The Morgan fingerprint density at radius 2 is 2.19 bits per heavy atom. The molecule has 16 heavy (non-hydrogen) atoms. The summed E-state index contributed by atoms with van der Waals surface area (Å²) in [7, 11) is 1.75. The molecule has 1 N–H and O–H groups in total. The number of rotatable bonds is 7. The van der Waals surface area contributed by atoms with E-state index in [0.29, 0.717) is 18.0 Å². The smallest absolute Gasteiger partial charge is 0.0795 e. The zero-order chi connectivity index (χ0) is 12.0. The Balaban J connectivity index is 2.47. The van der Waals surface area contributed by atoms with Gasteiger partial charge in [0.05, 0.1) is 11.2 Å². The highest BCUT2D eigenvalue weighted by atomic mass is 32.1. The molecule has 3 nitrogen and oxygen atoms in total. The summed E-state index contributed by atoms with van der Waals surface area (Å²) in [6, 6.07) is 0.798. The van der Waals surface area contributed by atoms with Crippen LogP contribution in [0.4, 0.5) is 0 Å². The minimum atomic E-state index is 0.315. The molecular formula is C12H22N2OS. The molecule has 0 aliphatic heterocycles. The molecule has 92 valence electrons. The summed E-state index contributed by atoms with van der Waals surface area (Å²) in [6.07, 6.45) is 1.04. The largest absolute Gasteiger partial charge is 0.385 e. The number of aromatic nitrogens is 1. The molecule has 0 bridgehead atoms. The number of nitrogens with one attached hydrogen (secondary N) is 1. The van der Waals surface area contributed by atoms with Gasteiger partial charge in [0.25, 0.3) is 0 Å². The Hall–Kier alpha value is -0.450. The van der Waals surface area contributed by atoms with Gasteiger partial charge in [-0.25, -0.2) is 4.98 Å². The normalized spacial score (nSPS) is 15.3. The Kier molecular flexibility index (Phi) is 5.95. The second-order valence-corrected chi connectivity index (χ2v) is 5.15. The van der Waals surface area contributed by atoms with Crippen LogP contribution in [0.5, 0.6) is 0 Å². The minimum Gasteiger partial charge on any atom is -0.385 e. The van der Waals surface area contributed by atoms with Gasteiger partial charge in [0.2, 0.25) is 0 Å². The molecular weight excluding hydrogens is 220 g/mol. The van der Waals surface area contributed by atoms with E-state index in [1.807, 2.05) is 5.51 Å². The lowest BCUT2D eigenvalue weighted by molar-refractivity contribution is 0.170. The topological polar surface area (TPSA) is 34.1 Å². The fraction of sp³-hybridized carbons (Fsp3) is 0.750. The maximum atomic E-state index is 5.14. The van der Waals surface area contributed by atoms with Crippen molar-refractivity contribution in [2.24, 2.45) is 5.92 Å². The number of thiazole rings is 1. The van der Waals surface area contributed by atoms with E-state index >= 15 is 0 Å². The summed E-state index contributed by atoms with van der Waals surface area (Å²) in [5.41, 5.74) is 3.01. The molecule has 0 aromatic carbocycles. The molecule has 1 aromatic rings. The molecule has 0 spiro atoms. The van der Waals surface area contributed by atoms with Gasteiger partial charge in [-0.05, 0) is 19.3 Å². The summed E-state index contributed by atoms with van der Waals surface area (Å²) in [5.74, 6) is 0.608. The zero-order valence-corrected chi connectivity index (χ0v) is 11.4. The third-order valence-electron chi connectivity index (χ3n) is 2.80. The van der Waals surface area contributed by atoms with Gasteiger partial charge >= 0.3 is 0 Å². The minimum absolute atomic E-state index is 0.315. The van der Waals surface area contributed by atoms with Crippen molar-refractivity contribution in [2.45, 2.75) is 39.3 Å². The van der Waals surface area contributed by atoms with E-state index < -0.39 is 0 Å². The molecule has 4 heteroatoms. The maximum absolute atomic E-state index is 5.14. The molecule has 0 aliphatic carbocycles. The predicted octanol–water partition coefficient (Wildman–Crippen LogP) is 2.85. The molecule has 2 unspecified atom stereocenters. The average molecular weight is 242 g/mol. The van der Waals surface area contributed by atoms with Gasteiger partial charge in [0.1, 0.15) is 0 Å². The molecule has 1 rings (SSSR count). The van der Waals surface area contributed by atoms with Crippen molar-refractivity contribution in [3.63, 3.8) is 0 Å². The zero-order valence-electron chi connectivity index (χ0n) is 10.6. The Labute approximate surface area is 102 Å². The lowest BCUT2D eigenvalue weighted by atomic mass is 10.00. The third-order valence-corrected chi connectivity index (χ3v) is 3.40. The number of hydrogen-bond donors (Lipinski definition) is 1. The lowest BCUT2D eigenvalue weighted by Gasteiger charge is -2.25. The van der Waals surface area contributed by atoms with Crippen LogP contribution >= 0.6 is 11.3 Å². The van der Waals surface area contributed by atoms with Gasteiger partial charge in [-0.15, -0.1) is 11.3 Å². The van der Waals surface area contributed by atoms with Gasteiger partial charge in [0, 0.05) is 31.2 Å². The van der Waals surface area contributed by atoms with Crippen LogP contribution in [-0.2, 0) is 4.74 Å². The van der Waals surface area contributed by atoms with Crippen LogP contribution < -0.4 is 5.32 Å². The highest BCUT2D eigenvalue weighted by Gasteiger charge is 2.17. The predicted molar refractivity (Wildman–Crippen MR) is 68.8 cm³/mol. The average Bonchev–Trinajstić information content (AvgIpc) is 2.76.